The lowest BCUT2D eigenvalue weighted by Crippen LogP contribution is -2.36. The van der Waals surface area contributed by atoms with Gasteiger partial charge in [0.05, 0.1) is 0 Å². The van der Waals surface area contributed by atoms with Crippen LogP contribution in [0.15, 0.2) is 54.6 Å². The zero-order chi connectivity index (χ0) is 15.9. The molecule has 3 rings (SSSR count). The highest BCUT2D eigenvalue weighted by atomic mass is 16.5. The molecule has 1 aliphatic rings. The summed E-state index contributed by atoms with van der Waals surface area (Å²) in [7, 11) is 0. The average molecular weight is 311 g/mol. The van der Waals surface area contributed by atoms with E-state index in [0.29, 0.717) is 19.1 Å². The van der Waals surface area contributed by atoms with E-state index in [1.54, 1.807) is 0 Å². The first-order valence-electron chi connectivity index (χ1n) is 8.43. The van der Waals surface area contributed by atoms with E-state index in [9.17, 15) is 5.11 Å². The topological polar surface area (TPSA) is 32.7 Å². The monoisotopic (exact) mass is 311 g/mol. The molecule has 3 nitrogen and oxygen atoms in total. The number of hydrogen-bond donors (Lipinski definition) is 1. The van der Waals surface area contributed by atoms with Crippen LogP contribution in [0, 0.1) is 5.92 Å². The third-order valence-electron chi connectivity index (χ3n) is 4.47. The second kappa shape index (κ2) is 8.14. The van der Waals surface area contributed by atoms with Gasteiger partial charge in [-0.3, -0.25) is 4.90 Å². The third-order valence-corrected chi connectivity index (χ3v) is 4.47. The molecule has 2 aromatic carbocycles. The SMILES string of the molecule is OCC1CCCN(Cc2ccccc2OCc2ccccc2)C1. The summed E-state index contributed by atoms with van der Waals surface area (Å²) in [6.45, 7) is 3.86. The van der Waals surface area contributed by atoms with Gasteiger partial charge in [0.2, 0.25) is 0 Å². The second-order valence-electron chi connectivity index (χ2n) is 6.31. The Morgan fingerprint density at radius 3 is 2.65 bits per heavy atom. The van der Waals surface area contributed by atoms with Crippen molar-refractivity contribution < 1.29 is 9.84 Å². The third kappa shape index (κ3) is 4.57. The van der Waals surface area contributed by atoms with Crippen LogP contribution in [0.25, 0.3) is 0 Å². The molecule has 0 spiro atoms. The van der Waals surface area contributed by atoms with E-state index < -0.39 is 0 Å². The van der Waals surface area contributed by atoms with Crippen LogP contribution in [0.4, 0.5) is 0 Å². The van der Waals surface area contributed by atoms with Crippen LogP contribution in [-0.4, -0.2) is 29.7 Å². The minimum Gasteiger partial charge on any atom is -0.489 e. The van der Waals surface area contributed by atoms with Crippen molar-refractivity contribution in [3.8, 4) is 5.75 Å². The van der Waals surface area contributed by atoms with Crippen molar-refractivity contribution in [2.75, 3.05) is 19.7 Å². The first-order valence-corrected chi connectivity index (χ1v) is 8.43. The number of aliphatic hydroxyl groups is 1. The Morgan fingerprint density at radius 1 is 1.04 bits per heavy atom. The van der Waals surface area contributed by atoms with Crippen LogP contribution >= 0.6 is 0 Å². The molecule has 23 heavy (non-hydrogen) atoms. The summed E-state index contributed by atoms with van der Waals surface area (Å²) in [6.07, 6.45) is 2.30. The number of rotatable bonds is 6. The van der Waals surface area contributed by atoms with Crippen LogP contribution in [0.3, 0.4) is 0 Å². The van der Waals surface area contributed by atoms with Crippen LogP contribution in [0.2, 0.25) is 0 Å². The van der Waals surface area contributed by atoms with E-state index >= 15 is 0 Å². The first-order chi connectivity index (χ1) is 11.3. The number of ether oxygens (including phenoxy) is 1. The quantitative estimate of drug-likeness (QED) is 0.886. The van der Waals surface area contributed by atoms with Gasteiger partial charge in [-0.1, -0.05) is 48.5 Å². The van der Waals surface area contributed by atoms with E-state index in [4.69, 9.17) is 4.74 Å². The molecule has 0 amide bonds. The fourth-order valence-corrected chi connectivity index (χ4v) is 3.20. The van der Waals surface area contributed by atoms with Crippen molar-refractivity contribution in [2.24, 2.45) is 5.92 Å². The molecule has 1 fully saturated rings. The van der Waals surface area contributed by atoms with Crippen molar-refractivity contribution in [3.05, 3.63) is 65.7 Å². The molecule has 1 heterocycles. The molecule has 122 valence electrons. The maximum absolute atomic E-state index is 9.39. The molecule has 1 aliphatic heterocycles. The van der Waals surface area contributed by atoms with Crippen molar-refractivity contribution >= 4 is 0 Å². The van der Waals surface area contributed by atoms with Crippen molar-refractivity contribution in [2.45, 2.75) is 26.0 Å². The average Bonchev–Trinajstić information content (AvgIpc) is 2.62. The number of likely N-dealkylation sites (tertiary alicyclic amines) is 1. The van der Waals surface area contributed by atoms with Gasteiger partial charge in [0.1, 0.15) is 12.4 Å². The Morgan fingerprint density at radius 2 is 1.83 bits per heavy atom. The molecule has 1 unspecified atom stereocenters. The summed E-state index contributed by atoms with van der Waals surface area (Å²) in [4.78, 5) is 2.43. The summed E-state index contributed by atoms with van der Waals surface area (Å²) >= 11 is 0. The summed E-state index contributed by atoms with van der Waals surface area (Å²) in [5.74, 6) is 1.38. The summed E-state index contributed by atoms with van der Waals surface area (Å²) < 4.78 is 6.04. The molecule has 1 N–H and O–H groups in total. The van der Waals surface area contributed by atoms with Crippen molar-refractivity contribution in [1.82, 2.24) is 4.90 Å². The van der Waals surface area contributed by atoms with Crippen LogP contribution in [0.1, 0.15) is 24.0 Å². The van der Waals surface area contributed by atoms with Crippen LogP contribution in [0.5, 0.6) is 5.75 Å². The Kier molecular flexibility index (Phi) is 5.67. The molecular formula is C20H25NO2. The summed E-state index contributed by atoms with van der Waals surface area (Å²) in [6, 6.07) is 18.5. The van der Waals surface area contributed by atoms with Gasteiger partial charge in [-0.15, -0.1) is 0 Å². The summed E-state index contributed by atoms with van der Waals surface area (Å²) in [5.41, 5.74) is 2.41. The molecule has 0 saturated carbocycles. The van der Waals surface area contributed by atoms with E-state index in [0.717, 1.165) is 38.2 Å². The highest BCUT2D eigenvalue weighted by Crippen LogP contribution is 2.24. The van der Waals surface area contributed by atoms with Crippen molar-refractivity contribution in [3.63, 3.8) is 0 Å². The molecular weight excluding hydrogens is 286 g/mol. The normalized spacial score (nSPS) is 18.7. The molecule has 2 aromatic rings. The van der Waals surface area contributed by atoms with Gasteiger partial charge < -0.3 is 9.84 Å². The fraction of sp³-hybridized carbons (Fsp3) is 0.400. The lowest BCUT2D eigenvalue weighted by atomic mass is 9.98. The van der Waals surface area contributed by atoms with E-state index in [2.05, 4.69) is 29.2 Å². The number of benzene rings is 2. The molecule has 1 saturated heterocycles. The van der Waals surface area contributed by atoms with E-state index in [-0.39, 0.29) is 0 Å². The van der Waals surface area contributed by atoms with Crippen LogP contribution in [-0.2, 0) is 13.2 Å². The van der Waals surface area contributed by atoms with Gasteiger partial charge >= 0.3 is 0 Å². The van der Waals surface area contributed by atoms with Gasteiger partial charge in [0.25, 0.3) is 0 Å². The minimum atomic E-state index is 0.294. The lowest BCUT2D eigenvalue weighted by molar-refractivity contribution is 0.115. The molecule has 0 aromatic heterocycles. The molecule has 0 bridgehead atoms. The number of aliphatic hydroxyl groups excluding tert-OH is 1. The lowest BCUT2D eigenvalue weighted by Gasteiger charge is -2.32. The second-order valence-corrected chi connectivity index (χ2v) is 6.31. The molecule has 3 heteroatoms. The first kappa shape index (κ1) is 16.0. The predicted molar refractivity (Wildman–Crippen MR) is 92.3 cm³/mol. The van der Waals surface area contributed by atoms with Gasteiger partial charge in [-0.2, -0.15) is 0 Å². The Bertz CT molecular complexity index is 600. The maximum atomic E-state index is 9.39. The maximum Gasteiger partial charge on any atom is 0.124 e. The highest BCUT2D eigenvalue weighted by molar-refractivity contribution is 5.33. The molecule has 1 atom stereocenters. The Hall–Kier alpha value is -1.84. The van der Waals surface area contributed by atoms with Gasteiger partial charge in [-0.05, 0) is 36.9 Å². The summed E-state index contributed by atoms with van der Waals surface area (Å²) in [5, 5.41) is 9.39. The smallest absolute Gasteiger partial charge is 0.124 e. The Labute approximate surface area is 138 Å². The number of piperidine rings is 1. The fourth-order valence-electron chi connectivity index (χ4n) is 3.20. The van der Waals surface area contributed by atoms with Gasteiger partial charge in [0, 0.05) is 25.3 Å². The van der Waals surface area contributed by atoms with Gasteiger partial charge in [-0.25, -0.2) is 0 Å². The standard InChI is InChI=1S/C20H25NO2/c22-15-18-9-6-12-21(13-18)14-19-10-4-5-11-20(19)23-16-17-7-2-1-3-8-17/h1-5,7-8,10-11,18,22H,6,9,12-16H2. The van der Waals surface area contributed by atoms with Gasteiger partial charge in [0.15, 0.2) is 0 Å². The number of nitrogens with zero attached hydrogens (tertiary/aromatic N) is 1. The molecule has 0 radical (unpaired) electrons. The Balaban J connectivity index is 1.63. The highest BCUT2D eigenvalue weighted by Gasteiger charge is 2.20. The number of para-hydroxylation sites is 1. The minimum absolute atomic E-state index is 0.294. The molecule has 0 aliphatic carbocycles. The van der Waals surface area contributed by atoms with E-state index in [1.165, 1.54) is 11.1 Å². The predicted octanol–water partition coefficient (Wildman–Crippen LogP) is 3.47. The van der Waals surface area contributed by atoms with E-state index in [1.807, 2.05) is 30.3 Å². The van der Waals surface area contributed by atoms with Crippen molar-refractivity contribution in [1.29, 1.82) is 0 Å². The van der Waals surface area contributed by atoms with Crippen LogP contribution < -0.4 is 4.74 Å². The largest absolute Gasteiger partial charge is 0.489 e. The number of hydrogen-bond acceptors (Lipinski definition) is 3. The zero-order valence-corrected chi connectivity index (χ0v) is 13.5. The zero-order valence-electron chi connectivity index (χ0n) is 13.5.